The van der Waals surface area contributed by atoms with E-state index < -0.39 is 20.0 Å². The summed E-state index contributed by atoms with van der Waals surface area (Å²) >= 11 is 0. The Balaban J connectivity index is 1.28. The van der Waals surface area contributed by atoms with Crippen LogP contribution >= 0.6 is 0 Å². The molecule has 4 saturated carbocycles. The van der Waals surface area contributed by atoms with E-state index in [1.807, 2.05) is 0 Å². The van der Waals surface area contributed by atoms with Gasteiger partial charge in [0.1, 0.15) is 0 Å². The molecule has 4 bridgehead atoms. The predicted octanol–water partition coefficient (Wildman–Crippen LogP) is 3.69. The second kappa shape index (κ2) is 8.35. The number of nitrogens with one attached hydrogen (secondary N) is 3. The first-order valence-electron chi connectivity index (χ1n) is 11.6. The van der Waals surface area contributed by atoms with Gasteiger partial charge in [-0.2, -0.15) is 0 Å². The molecule has 0 aromatic heterocycles. The highest BCUT2D eigenvalue weighted by atomic mass is 32.2. The fourth-order valence-electron chi connectivity index (χ4n) is 6.42. The minimum Gasteiger partial charge on any atom is -0.326 e. The third-order valence-electron chi connectivity index (χ3n) is 7.29. The molecule has 6 rings (SSSR count). The zero-order valence-corrected chi connectivity index (χ0v) is 20.6. The number of hydrogen-bond acceptors (Lipinski definition) is 5. The summed E-state index contributed by atoms with van der Waals surface area (Å²) in [6.07, 6.45) is 6.42. The lowest BCUT2D eigenvalue weighted by molar-refractivity contribution is -0.114. The van der Waals surface area contributed by atoms with E-state index in [1.54, 1.807) is 0 Å². The first kappa shape index (κ1) is 23.3. The summed E-state index contributed by atoms with van der Waals surface area (Å²) in [4.78, 5) is 11.3. The Hall–Kier alpha value is -2.43. The largest absolute Gasteiger partial charge is 0.326 e. The van der Waals surface area contributed by atoms with E-state index in [0.29, 0.717) is 23.4 Å². The maximum atomic E-state index is 13.2. The van der Waals surface area contributed by atoms with Gasteiger partial charge in [-0.15, -0.1) is 0 Å². The number of anilines is 2. The minimum atomic E-state index is -3.87. The molecule has 0 radical (unpaired) electrons. The molecule has 10 heteroatoms. The fraction of sp³-hybridized carbons (Fsp3) is 0.458. The molecular weight excluding hydrogens is 474 g/mol. The number of sulfonamides is 2. The SMILES string of the molecule is CC(=O)Nc1ccc(S(=O)(=O)Nc2ccc(S(=O)(=O)NC34CC5CC(CC(C5)C3)C4)cc2)cc1. The molecule has 0 aliphatic heterocycles. The Labute approximate surface area is 200 Å². The van der Waals surface area contributed by atoms with Crippen LogP contribution in [0.1, 0.15) is 45.4 Å². The van der Waals surface area contributed by atoms with E-state index in [1.165, 1.54) is 74.7 Å². The van der Waals surface area contributed by atoms with Crippen molar-refractivity contribution in [1.82, 2.24) is 4.72 Å². The third kappa shape index (κ3) is 4.71. The van der Waals surface area contributed by atoms with Crippen molar-refractivity contribution in [3.63, 3.8) is 0 Å². The zero-order chi connectivity index (χ0) is 24.1. The van der Waals surface area contributed by atoms with Gasteiger partial charge in [0.25, 0.3) is 10.0 Å². The number of hydrogen-bond donors (Lipinski definition) is 3. The average molecular weight is 504 g/mol. The summed E-state index contributed by atoms with van der Waals surface area (Å²) in [5.74, 6) is 1.62. The Morgan fingerprint density at radius 2 is 1.18 bits per heavy atom. The lowest BCUT2D eigenvalue weighted by Crippen LogP contribution is -2.59. The topological polar surface area (TPSA) is 121 Å². The molecule has 3 N–H and O–H groups in total. The van der Waals surface area contributed by atoms with E-state index in [0.717, 1.165) is 19.3 Å². The van der Waals surface area contributed by atoms with Gasteiger partial charge in [-0.1, -0.05) is 0 Å². The molecule has 34 heavy (non-hydrogen) atoms. The van der Waals surface area contributed by atoms with E-state index in [4.69, 9.17) is 0 Å². The van der Waals surface area contributed by atoms with E-state index in [9.17, 15) is 21.6 Å². The molecule has 4 aliphatic rings. The lowest BCUT2D eigenvalue weighted by Gasteiger charge is -2.56. The van der Waals surface area contributed by atoms with Gasteiger partial charge in [0.2, 0.25) is 15.9 Å². The van der Waals surface area contributed by atoms with Gasteiger partial charge >= 0.3 is 0 Å². The van der Waals surface area contributed by atoms with E-state index in [-0.39, 0.29) is 26.9 Å². The van der Waals surface area contributed by atoms with Crippen molar-refractivity contribution in [1.29, 1.82) is 0 Å². The summed E-state index contributed by atoms with van der Waals surface area (Å²) in [6.45, 7) is 1.37. The highest BCUT2D eigenvalue weighted by Crippen LogP contribution is 2.56. The zero-order valence-electron chi connectivity index (χ0n) is 19.0. The number of carbonyl (C=O) groups is 1. The van der Waals surface area contributed by atoms with Crippen molar-refractivity contribution in [2.45, 2.75) is 60.8 Å². The highest BCUT2D eigenvalue weighted by Gasteiger charge is 2.52. The van der Waals surface area contributed by atoms with Crippen LogP contribution in [0.4, 0.5) is 11.4 Å². The second-order valence-corrected chi connectivity index (χ2v) is 13.5. The average Bonchev–Trinajstić information content (AvgIpc) is 2.72. The number of benzene rings is 2. The van der Waals surface area contributed by atoms with Crippen molar-refractivity contribution in [3.05, 3.63) is 48.5 Å². The van der Waals surface area contributed by atoms with Crippen molar-refractivity contribution < 1.29 is 21.6 Å². The van der Waals surface area contributed by atoms with Crippen LogP contribution in [0.2, 0.25) is 0 Å². The van der Waals surface area contributed by atoms with Gasteiger partial charge in [-0.25, -0.2) is 21.6 Å². The Bertz CT molecular complexity index is 1270. The van der Waals surface area contributed by atoms with Crippen LogP contribution in [0.25, 0.3) is 0 Å². The Morgan fingerprint density at radius 3 is 1.65 bits per heavy atom. The van der Waals surface area contributed by atoms with Gasteiger partial charge in [0.15, 0.2) is 0 Å². The van der Waals surface area contributed by atoms with Crippen molar-refractivity contribution in [2.75, 3.05) is 10.0 Å². The Kier molecular flexibility index (Phi) is 5.73. The van der Waals surface area contributed by atoms with Crippen LogP contribution in [-0.2, 0) is 24.8 Å². The minimum absolute atomic E-state index is 0.0294. The molecule has 0 spiro atoms. The number of rotatable bonds is 7. The normalized spacial score (nSPS) is 28.0. The first-order valence-corrected chi connectivity index (χ1v) is 14.5. The maximum Gasteiger partial charge on any atom is 0.261 e. The quantitative estimate of drug-likeness (QED) is 0.532. The van der Waals surface area contributed by atoms with Gasteiger partial charge in [-0.05, 0) is 105 Å². The van der Waals surface area contributed by atoms with Gasteiger partial charge < -0.3 is 5.32 Å². The third-order valence-corrected chi connectivity index (χ3v) is 10.3. The molecule has 182 valence electrons. The molecule has 1 amide bonds. The molecule has 0 saturated heterocycles. The van der Waals surface area contributed by atoms with E-state index in [2.05, 4.69) is 14.8 Å². The van der Waals surface area contributed by atoms with Gasteiger partial charge in [0.05, 0.1) is 9.79 Å². The van der Waals surface area contributed by atoms with Gasteiger partial charge in [-0.3, -0.25) is 9.52 Å². The van der Waals surface area contributed by atoms with Gasteiger partial charge in [0, 0.05) is 23.8 Å². The van der Waals surface area contributed by atoms with Crippen molar-refractivity contribution >= 4 is 37.3 Å². The highest BCUT2D eigenvalue weighted by molar-refractivity contribution is 7.92. The van der Waals surface area contributed by atoms with Crippen molar-refractivity contribution in [3.8, 4) is 0 Å². The van der Waals surface area contributed by atoms with Crippen molar-refractivity contribution in [2.24, 2.45) is 17.8 Å². The molecule has 2 aromatic rings. The lowest BCUT2D eigenvalue weighted by atomic mass is 9.53. The van der Waals surface area contributed by atoms with E-state index >= 15 is 0 Å². The molecule has 2 aromatic carbocycles. The molecule has 0 unspecified atom stereocenters. The molecule has 8 nitrogen and oxygen atoms in total. The van der Waals surface area contributed by atoms with Crippen LogP contribution in [0.5, 0.6) is 0 Å². The first-order chi connectivity index (χ1) is 16.0. The fourth-order valence-corrected chi connectivity index (χ4v) is 8.91. The molecule has 0 heterocycles. The molecule has 0 atom stereocenters. The van der Waals surface area contributed by atoms with Crippen LogP contribution in [0, 0.1) is 17.8 Å². The summed E-state index contributed by atoms with van der Waals surface area (Å²) in [7, 11) is -7.58. The van der Waals surface area contributed by atoms with Crippen LogP contribution < -0.4 is 14.8 Å². The summed E-state index contributed by atoms with van der Waals surface area (Å²) in [5.41, 5.74) is 0.421. The monoisotopic (exact) mass is 503 g/mol. The second-order valence-electron chi connectivity index (χ2n) is 10.1. The van der Waals surface area contributed by atoms with Crippen LogP contribution in [0.3, 0.4) is 0 Å². The molecule has 4 aliphatic carbocycles. The predicted molar refractivity (Wildman–Crippen MR) is 129 cm³/mol. The molecule has 4 fully saturated rings. The maximum absolute atomic E-state index is 13.2. The Morgan fingerprint density at radius 1 is 0.735 bits per heavy atom. The summed E-state index contributed by atoms with van der Waals surface area (Å²) in [5, 5.41) is 2.58. The van der Waals surface area contributed by atoms with Crippen LogP contribution in [0.15, 0.2) is 58.3 Å². The standard InChI is InChI=1S/C24H29N3O5S2/c1-16(28)25-20-2-6-22(7-3-20)33(29,30)26-21-4-8-23(9-5-21)34(31,32)27-24-13-17-10-18(14-24)12-19(11-17)15-24/h2-9,17-19,26-27H,10-15H2,1H3,(H,25,28). The summed E-state index contributed by atoms with van der Waals surface area (Å²) in [6, 6.07) is 11.6. The smallest absolute Gasteiger partial charge is 0.261 e. The number of carbonyl (C=O) groups excluding carboxylic acids is 1. The molecular formula is C24H29N3O5S2. The number of amides is 1. The summed E-state index contributed by atoms with van der Waals surface area (Å²) < 4.78 is 57.2. The van der Waals surface area contributed by atoms with Crippen LogP contribution in [-0.4, -0.2) is 28.3 Å².